The van der Waals surface area contributed by atoms with Crippen molar-refractivity contribution in [2.75, 3.05) is 45.6 Å². The van der Waals surface area contributed by atoms with Gasteiger partial charge in [0.05, 0.1) is 23.0 Å². The fourth-order valence-corrected chi connectivity index (χ4v) is 2.97. The third kappa shape index (κ3) is 4.73. The lowest BCUT2D eigenvalue weighted by Gasteiger charge is -2.26. The molecule has 1 amide bonds. The van der Waals surface area contributed by atoms with Crippen LogP contribution in [0.25, 0.3) is 0 Å². The molecule has 1 saturated heterocycles. The number of carbonyl (C=O) groups excluding carboxylic acids is 1. The molecule has 0 saturated carbocycles. The summed E-state index contributed by atoms with van der Waals surface area (Å²) in [5.41, 5.74) is -0.684. The molecule has 0 atom stereocenters. The van der Waals surface area contributed by atoms with Crippen LogP contribution in [0.3, 0.4) is 0 Å². The van der Waals surface area contributed by atoms with Gasteiger partial charge in [-0.25, -0.2) is 8.42 Å². The van der Waals surface area contributed by atoms with E-state index < -0.39 is 26.4 Å². The molecule has 1 aliphatic rings. The van der Waals surface area contributed by atoms with E-state index in [4.69, 9.17) is 4.74 Å². The highest BCUT2D eigenvalue weighted by Crippen LogP contribution is 2.23. The van der Waals surface area contributed by atoms with Crippen molar-refractivity contribution < 1.29 is 22.9 Å². The molecule has 1 N–H and O–H groups in total. The van der Waals surface area contributed by atoms with Gasteiger partial charge in [0.2, 0.25) is 0 Å². The molecule has 0 spiro atoms. The number of hydrogen-bond donors (Lipinski definition) is 1. The van der Waals surface area contributed by atoms with Gasteiger partial charge < -0.3 is 10.1 Å². The zero-order valence-corrected chi connectivity index (χ0v) is 14.0. The van der Waals surface area contributed by atoms with E-state index in [1.807, 2.05) is 0 Å². The van der Waals surface area contributed by atoms with Gasteiger partial charge in [-0.05, 0) is 12.1 Å². The number of amides is 1. The summed E-state index contributed by atoms with van der Waals surface area (Å²) in [6, 6.07) is 3.27. The first-order valence-corrected chi connectivity index (χ1v) is 9.25. The van der Waals surface area contributed by atoms with E-state index >= 15 is 0 Å². The number of sulfone groups is 1. The van der Waals surface area contributed by atoms with Gasteiger partial charge in [0.1, 0.15) is 5.56 Å². The van der Waals surface area contributed by atoms with Crippen molar-refractivity contribution in [1.82, 2.24) is 10.2 Å². The average Bonchev–Trinajstić information content (AvgIpc) is 2.54. The molecule has 0 aromatic heterocycles. The molecule has 24 heavy (non-hydrogen) atoms. The number of morpholine rings is 1. The van der Waals surface area contributed by atoms with E-state index in [-0.39, 0.29) is 10.5 Å². The topological polar surface area (TPSA) is 119 Å². The molecule has 0 unspecified atom stereocenters. The molecule has 9 nitrogen and oxygen atoms in total. The lowest BCUT2D eigenvalue weighted by Crippen LogP contribution is -2.41. The second-order valence-corrected chi connectivity index (χ2v) is 7.43. The van der Waals surface area contributed by atoms with Gasteiger partial charge in [0.25, 0.3) is 11.6 Å². The summed E-state index contributed by atoms with van der Waals surface area (Å²) >= 11 is 0. The molecule has 1 aliphatic heterocycles. The van der Waals surface area contributed by atoms with E-state index in [0.29, 0.717) is 26.3 Å². The Kier molecular flexibility index (Phi) is 5.86. The van der Waals surface area contributed by atoms with Crippen LogP contribution in [0.1, 0.15) is 10.4 Å². The molecular formula is C14H19N3O6S. The van der Waals surface area contributed by atoms with Crippen LogP contribution in [-0.2, 0) is 14.6 Å². The average molecular weight is 357 g/mol. The second-order valence-electron chi connectivity index (χ2n) is 5.42. The van der Waals surface area contributed by atoms with E-state index in [1.165, 1.54) is 12.1 Å². The van der Waals surface area contributed by atoms with Gasteiger partial charge in [-0.3, -0.25) is 19.8 Å². The lowest BCUT2D eigenvalue weighted by molar-refractivity contribution is -0.385. The summed E-state index contributed by atoms with van der Waals surface area (Å²) in [6.07, 6.45) is 0.953. The van der Waals surface area contributed by atoms with E-state index in [9.17, 15) is 23.3 Å². The van der Waals surface area contributed by atoms with Crippen LogP contribution < -0.4 is 5.32 Å². The number of ether oxygens (including phenoxy) is 1. The molecule has 0 radical (unpaired) electrons. The standard InChI is InChI=1S/C14H19N3O6S/c1-24(21,22)11-2-3-12(13(10-11)17(19)20)14(18)15-4-5-16-6-8-23-9-7-16/h2-3,10H,4-9H2,1H3,(H,15,18). The Bertz CT molecular complexity index is 728. The normalized spacial score (nSPS) is 15.9. The Labute approximate surface area is 139 Å². The summed E-state index contributed by atoms with van der Waals surface area (Å²) in [4.78, 5) is 24.5. The Balaban J connectivity index is 2.06. The van der Waals surface area contributed by atoms with Crippen LogP contribution in [0.15, 0.2) is 23.1 Å². The van der Waals surface area contributed by atoms with E-state index in [2.05, 4.69) is 10.2 Å². The van der Waals surface area contributed by atoms with Crippen LogP contribution in [0.2, 0.25) is 0 Å². The fraction of sp³-hybridized carbons (Fsp3) is 0.500. The van der Waals surface area contributed by atoms with Gasteiger partial charge in [-0.2, -0.15) is 0 Å². The van der Waals surface area contributed by atoms with Crippen molar-refractivity contribution in [3.8, 4) is 0 Å². The SMILES string of the molecule is CS(=O)(=O)c1ccc(C(=O)NCCN2CCOCC2)c([N+](=O)[O-])c1. The number of rotatable bonds is 6. The minimum absolute atomic E-state index is 0.158. The predicted molar refractivity (Wildman–Crippen MR) is 85.8 cm³/mol. The van der Waals surface area contributed by atoms with Crippen molar-refractivity contribution in [1.29, 1.82) is 0 Å². The lowest BCUT2D eigenvalue weighted by atomic mass is 10.1. The maximum Gasteiger partial charge on any atom is 0.283 e. The van der Waals surface area contributed by atoms with Gasteiger partial charge in [-0.15, -0.1) is 0 Å². The number of carbonyl (C=O) groups is 1. The minimum atomic E-state index is -3.59. The maximum atomic E-state index is 12.2. The minimum Gasteiger partial charge on any atom is -0.379 e. The quantitative estimate of drug-likeness (QED) is 0.565. The number of nitro benzene ring substituents is 1. The summed E-state index contributed by atoms with van der Waals surface area (Å²) in [5, 5.41) is 13.8. The Morgan fingerprint density at radius 3 is 2.62 bits per heavy atom. The van der Waals surface area contributed by atoms with Crippen molar-refractivity contribution in [2.24, 2.45) is 0 Å². The molecule has 1 aromatic carbocycles. The molecule has 0 aliphatic carbocycles. The molecule has 1 aromatic rings. The van der Waals surface area contributed by atoms with Crippen LogP contribution >= 0.6 is 0 Å². The first-order chi connectivity index (χ1) is 11.3. The van der Waals surface area contributed by atoms with Crippen LogP contribution in [0.5, 0.6) is 0 Å². The first-order valence-electron chi connectivity index (χ1n) is 7.36. The number of benzene rings is 1. The molecule has 132 valence electrons. The Hall–Kier alpha value is -2.04. The maximum absolute atomic E-state index is 12.2. The number of nitrogens with one attached hydrogen (secondary N) is 1. The highest BCUT2D eigenvalue weighted by Gasteiger charge is 2.23. The van der Waals surface area contributed by atoms with Gasteiger partial charge in [0.15, 0.2) is 9.84 Å². The third-order valence-corrected chi connectivity index (χ3v) is 4.77. The zero-order valence-electron chi connectivity index (χ0n) is 13.2. The van der Waals surface area contributed by atoms with Gasteiger partial charge >= 0.3 is 0 Å². The van der Waals surface area contributed by atoms with Crippen molar-refractivity contribution in [2.45, 2.75) is 4.90 Å². The monoisotopic (exact) mass is 357 g/mol. The first kappa shape index (κ1) is 18.3. The van der Waals surface area contributed by atoms with Crippen molar-refractivity contribution in [3.63, 3.8) is 0 Å². The van der Waals surface area contributed by atoms with Crippen LogP contribution in [0, 0.1) is 10.1 Å². The second kappa shape index (κ2) is 7.69. The number of hydrogen-bond acceptors (Lipinski definition) is 7. The molecule has 1 fully saturated rings. The summed E-state index contributed by atoms with van der Waals surface area (Å²) in [5.74, 6) is -0.602. The van der Waals surface area contributed by atoms with E-state index in [0.717, 1.165) is 25.4 Å². The molecule has 10 heteroatoms. The van der Waals surface area contributed by atoms with Gasteiger partial charge in [-0.1, -0.05) is 0 Å². The van der Waals surface area contributed by atoms with Crippen LogP contribution in [0.4, 0.5) is 5.69 Å². The highest BCUT2D eigenvalue weighted by atomic mass is 32.2. The molecule has 2 rings (SSSR count). The summed E-state index contributed by atoms with van der Waals surface area (Å²) in [7, 11) is -3.59. The van der Waals surface area contributed by atoms with Crippen molar-refractivity contribution in [3.05, 3.63) is 33.9 Å². The van der Waals surface area contributed by atoms with Gasteiger partial charge in [0, 0.05) is 38.5 Å². The largest absolute Gasteiger partial charge is 0.379 e. The fourth-order valence-electron chi connectivity index (χ4n) is 2.33. The summed E-state index contributed by atoms with van der Waals surface area (Å²) in [6.45, 7) is 3.80. The zero-order chi connectivity index (χ0) is 17.7. The smallest absolute Gasteiger partial charge is 0.283 e. The summed E-state index contributed by atoms with van der Waals surface area (Å²) < 4.78 is 28.2. The van der Waals surface area contributed by atoms with E-state index in [1.54, 1.807) is 0 Å². The van der Waals surface area contributed by atoms with Crippen LogP contribution in [-0.4, -0.2) is 69.8 Å². The third-order valence-electron chi connectivity index (χ3n) is 3.66. The van der Waals surface area contributed by atoms with Crippen molar-refractivity contribution >= 4 is 21.4 Å². The number of nitro groups is 1. The Morgan fingerprint density at radius 2 is 2.04 bits per heavy atom. The molecule has 0 bridgehead atoms. The number of nitrogens with zero attached hydrogens (tertiary/aromatic N) is 2. The molecule has 1 heterocycles. The predicted octanol–water partition coefficient (Wildman–Crippen LogP) is 0.0603. The molecular weight excluding hydrogens is 338 g/mol. The highest BCUT2D eigenvalue weighted by molar-refractivity contribution is 7.90. The Morgan fingerprint density at radius 1 is 1.38 bits per heavy atom.